The summed E-state index contributed by atoms with van der Waals surface area (Å²) >= 11 is 1.65. The maximum absolute atomic E-state index is 11.9. The third-order valence-electron chi connectivity index (χ3n) is 4.56. The second-order valence-electron chi connectivity index (χ2n) is 5.90. The van der Waals surface area contributed by atoms with Crippen LogP contribution in [0.25, 0.3) is 15.9 Å². The Balaban J connectivity index is 1.66. The van der Waals surface area contributed by atoms with E-state index in [0.29, 0.717) is 5.92 Å². The van der Waals surface area contributed by atoms with E-state index in [-0.39, 0.29) is 5.56 Å². The van der Waals surface area contributed by atoms with Gasteiger partial charge in [0.05, 0.1) is 20.9 Å². The molecule has 0 spiro atoms. The molecule has 0 amide bonds. The molecule has 0 N–H and O–H groups in total. The van der Waals surface area contributed by atoms with Gasteiger partial charge in [-0.2, -0.15) is 9.78 Å². The van der Waals surface area contributed by atoms with Crippen molar-refractivity contribution in [1.82, 2.24) is 14.8 Å². The fourth-order valence-corrected chi connectivity index (χ4v) is 4.17. The van der Waals surface area contributed by atoms with Crippen molar-refractivity contribution in [2.45, 2.75) is 24.5 Å². The summed E-state index contributed by atoms with van der Waals surface area (Å²) in [6.07, 6.45) is 3.23. The number of rotatable bonds is 4. The second-order valence-corrected chi connectivity index (χ2v) is 6.96. The van der Waals surface area contributed by atoms with Gasteiger partial charge in [0, 0.05) is 45.2 Å². The Morgan fingerprint density at radius 1 is 1.25 bits per heavy atom. The zero-order valence-electron chi connectivity index (χ0n) is 13.4. The van der Waals surface area contributed by atoms with Gasteiger partial charge in [-0.15, -0.1) is 11.3 Å². The average Bonchev–Trinajstić information content (AvgIpc) is 2.98. The molecule has 1 aliphatic carbocycles. The van der Waals surface area contributed by atoms with Gasteiger partial charge in [0.25, 0.3) is 5.56 Å². The lowest BCUT2D eigenvalue weighted by Gasteiger charge is -2.44. The third kappa shape index (κ3) is 2.45. The monoisotopic (exact) mass is 343 g/mol. The number of hydrogen-bond donors (Lipinski definition) is 0. The molecule has 1 fully saturated rings. The van der Waals surface area contributed by atoms with Gasteiger partial charge in [0.1, 0.15) is 0 Å². The van der Waals surface area contributed by atoms with Crippen LogP contribution in [0.2, 0.25) is 0 Å². The highest BCUT2D eigenvalue weighted by Crippen LogP contribution is 2.48. The van der Waals surface area contributed by atoms with Crippen LogP contribution in [0, 0.1) is 0 Å². The van der Waals surface area contributed by atoms with Crippen LogP contribution < -0.4 is 5.56 Å². The fourth-order valence-electron chi connectivity index (χ4n) is 3.07. The summed E-state index contributed by atoms with van der Waals surface area (Å²) in [5, 5.41) is 5.20. The largest absolute Gasteiger partial charge is 0.353 e. The van der Waals surface area contributed by atoms with Crippen LogP contribution in [-0.2, 0) is 9.47 Å². The number of fused-ring (bicyclic) bond motifs is 1. The number of thiazole rings is 1. The van der Waals surface area contributed by atoms with E-state index in [2.05, 4.69) is 5.10 Å². The van der Waals surface area contributed by atoms with Gasteiger partial charge < -0.3 is 9.47 Å². The predicted octanol–water partition coefficient (Wildman–Crippen LogP) is 2.71. The molecule has 0 unspecified atom stereocenters. The van der Waals surface area contributed by atoms with Gasteiger partial charge >= 0.3 is 0 Å². The zero-order valence-corrected chi connectivity index (χ0v) is 14.2. The molecule has 124 valence electrons. The lowest BCUT2D eigenvalue weighted by Crippen LogP contribution is -2.45. The second kappa shape index (κ2) is 5.77. The van der Waals surface area contributed by atoms with Crippen molar-refractivity contribution in [3.8, 4) is 5.69 Å². The molecule has 0 saturated heterocycles. The maximum Gasteiger partial charge on any atom is 0.271 e. The number of benzene rings is 1. The van der Waals surface area contributed by atoms with Gasteiger partial charge in [0.2, 0.25) is 0 Å². The third-order valence-corrected chi connectivity index (χ3v) is 5.74. The summed E-state index contributed by atoms with van der Waals surface area (Å²) in [6.45, 7) is 0. The van der Waals surface area contributed by atoms with Gasteiger partial charge in [-0.05, 0) is 24.3 Å². The number of methoxy groups -OCH3 is 2. The molecule has 0 aliphatic heterocycles. The molecule has 0 radical (unpaired) electrons. The minimum Gasteiger partial charge on any atom is -0.353 e. The van der Waals surface area contributed by atoms with Crippen LogP contribution in [0.5, 0.6) is 0 Å². The first kappa shape index (κ1) is 15.4. The van der Waals surface area contributed by atoms with Gasteiger partial charge in [-0.3, -0.25) is 4.79 Å². The Hall–Kier alpha value is -2.09. The van der Waals surface area contributed by atoms with Crippen molar-refractivity contribution in [3.63, 3.8) is 0 Å². The molecule has 3 aromatic rings. The standard InChI is InChI=1S/C17H17N3O3S/c1-22-17(23-2)9-11(10-17)16-19-13-6-5-12(8-14(13)24-16)20-15(21)4-3-7-18-20/h3-8,11H,9-10H2,1-2H3. The molecule has 24 heavy (non-hydrogen) atoms. The molecule has 0 atom stereocenters. The quantitative estimate of drug-likeness (QED) is 0.682. The Morgan fingerprint density at radius 3 is 2.75 bits per heavy atom. The highest BCUT2D eigenvalue weighted by molar-refractivity contribution is 7.18. The Kier molecular flexibility index (Phi) is 3.71. The van der Waals surface area contributed by atoms with Crippen LogP contribution >= 0.6 is 11.3 Å². The maximum atomic E-state index is 11.9. The molecule has 4 rings (SSSR count). The molecule has 7 heteroatoms. The van der Waals surface area contributed by atoms with Crippen molar-refractivity contribution in [1.29, 1.82) is 0 Å². The lowest BCUT2D eigenvalue weighted by atomic mass is 9.79. The van der Waals surface area contributed by atoms with Crippen molar-refractivity contribution in [3.05, 3.63) is 51.9 Å². The van der Waals surface area contributed by atoms with Crippen LogP contribution in [0.15, 0.2) is 41.3 Å². The molecular formula is C17H17N3O3S. The van der Waals surface area contributed by atoms with Gasteiger partial charge in [0.15, 0.2) is 5.79 Å². The molecule has 2 aromatic heterocycles. The normalized spacial score (nSPS) is 17.1. The Labute approximate surface area is 142 Å². The first-order valence-electron chi connectivity index (χ1n) is 7.70. The molecular weight excluding hydrogens is 326 g/mol. The van der Waals surface area contributed by atoms with E-state index >= 15 is 0 Å². The molecule has 6 nitrogen and oxygen atoms in total. The van der Waals surface area contributed by atoms with Gasteiger partial charge in [-0.1, -0.05) is 0 Å². The first-order chi connectivity index (χ1) is 11.6. The van der Waals surface area contributed by atoms with E-state index in [0.717, 1.165) is 33.8 Å². The van der Waals surface area contributed by atoms with E-state index in [1.54, 1.807) is 37.8 Å². The molecule has 0 bridgehead atoms. The Morgan fingerprint density at radius 2 is 2.04 bits per heavy atom. The minimum atomic E-state index is -0.463. The van der Waals surface area contributed by atoms with Gasteiger partial charge in [-0.25, -0.2) is 4.98 Å². The van der Waals surface area contributed by atoms with Crippen LogP contribution in [0.1, 0.15) is 23.8 Å². The van der Waals surface area contributed by atoms with Crippen molar-refractivity contribution >= 4 is 21.6 Å². The van der Waals surface area contributed by atoms with Crippen LogP contribution in [0.4, 0.5) is 0 Å². The summed E-state index contributed by atoms with van der Waals surface area (Å²) in [5.41, 5.74) is 1.54. The number of nitrogens with zero attached hydrogens (tertiary/aromatic N) is 3. The fraction of sp³-hybridized carbons (Fsp3) is 0.353. The topological polar surface area (TPSA) is 66.2 Å². The number of aromatic nitrogens is 3. The Bertz CT molecular complexity index is 937. The summed E-state index contributed by atoms with van der Waals surface area (Å²) in [5.74, 6) is -0.113. The molecule has 2 heterocycles. The molecule has 1 aliphatic rings. The van der Waals surface area contributed by atoms with Crippen molar-refractivity contribution in [2.75, 3.05) is 14.2 Å². The van der Waals surface area contributed by atoms with E-state index < -0.39 is 5.79 Å². The zero-order chi connectivity index (χ0) is 16.7. The number of hydrogen-bond acceptors (Lipinski definition) is 6. The summed E-state index contributed by atoms with van der Waals surface area (Å²) < 4.78 is 13.3. The van der Waals surface area contributed by atoms with Crippen molar-refractivity contribution in [2.24, 2.45) is 0 Å². The summed E-state index contributed by atoms with van der Waals surface area (Å²) in [4.78, 5) is 16.6. The highest BCUT2D eigenvalue weighted by atomic mass is 32.1. The van der Waals surface area contributed by atoms with Crippen LogP contribution in [-0.4, -0.2) is 34.8 Å². The van der Waals surface area contributed by atoms with E-state index in [1.165, 1.54) is 10.7 Å². The van der Waals surface area contributed by atoms with E-state index in [1.807, 2.05) is 18.2 Å². The SMILES string of the molecule is COC1(OC)CC(c2nc3ccc(-n4ncccc4=O)cc3s2)C1. The van der Waals surface area contributed by atoms with E-state index in [4.69, 9.17) is 14.5 Å². The predicted molar refractivity (Wildman–Crippen MR) is 91.7 cm³/mol. The average molecular weight is 343 g/mol. The summed E-state index contributed by atoms with van der Waals surface area (Å²) in [7, 11) is 3.35. The number of ether oxygens (including phenoxy) is 2. The smallest absolute Gasteiger partial charge is 0.271 e. The molecule has 1 saturated carbocycles. The summed E-state index contributed by atoms with van der Waals surface area (Å²) in [6, 6.07) is 8.90. The lowest BCUT2D eigenvalue weighted by molar-refractivity contribution is -0.257. The highest BCUT2D eigenvalue weighted by Gasteiger charge is 2.47. The first-order valence-corrected chi connectivity index (χ1v) is 8.51. The molecule has 1 aromatic carbocycles. The van der Waals surface area contributed by atoms with E-state index in [9.17, 15) is 4.79 Å². The minimum absolute atomic E-state index is 0.148. The van der Waals surface area contributed by atoms with Crippen molar-refractivity contribution < 1.29 is 9.47 Å². The van der Waals surface area contributed by atoms with Crippen LogP contribution in [0.3, 0.4) is 0 Å².